The van der Waals surface area contributed by atoms with Crippen LogP contribution in [-0.4, -0.2) is 24.2 Å². The van der Waals surface area contributed by atoms with Crippen molar-refractivity contribution < 1.29 is 14.3 Å². The first kappa shape index (κ1) is 20.2. The van der Waals surface area contributed by atoms with Gasteiger partial charge in [-0.15, -0.1) is 0 Å². The number of aryl methyl sites for hydroxylation is 1. The minimum Gasteiger partial charge on any atom is -0.493 e. The lowest BCUT2D eigenvalue weighted by atomic mass is 10.1. The van der Waals surface area contributed by atoms with Crippen LogP contribution in [0, 0.1) is 6.92 Å². The Kier molecular flexibility index (Phi) is 5.91. The van der Waals surface area contributed by atoms with Crippen molar-refractivity contribution in [3.8, 4) is 11.5 Å². The Morgan fingerprint density at radius 3 is 2.61 bits per heavy atom. The van der Waals surface area contributed by atoms with Crippen molar-refractivity contribution in [1.82, 2.24) is 5.32 Å². The van der Waals surface area contributed by atoms with Gasteiger partial charge in [0, 0.05) is 0 Å². The molecule has 3 rings (SSSR count). The summed E-state index contributed by atoms with van der Waals surface area (Å²) in [5.41, 5.74) is 2.78. The SMILES string of the molecule is COc1cc(/C=C2\NC(=S)N(c3ccccc3C)C2=O)cc(Cl)c1OC(C)C. The lowest BCUT2D eigenvalue weighted by Gasteiger charge is -2.16. The average Bonchev–Trinajstić information content (AvgIpc) is 2.91. The predicted octanol–water partition coefficient (Wildman–Crippen LogP) is 4.71. The second-order valence-electron chi connectivity index (χ2n) is 6.62. The molecule has 7 heteroatoms. The number of hydrogen-bond donors (Lipinski definition) is 1. The minimum atomic E-state index is -0.225. The second kappa shape index (κ2) is 8.20. The average molecular weight is 417 g/mol. The van der Waals surface area contributed by atoms with Crippen molar-refractivity contribution >= 4 is 46.6 Å². The largest absolute Gasteiger partial charge is 0.493 e. The summed E-state index contributed by atoms with van der Waals surface area (Å²) in [5.74, 6) is 0.748. The van der Waals surface area contributed by atoms with Crippen LogP contribution < -0.4 is 19.7 Å². The van der Waals surface area contributed by atoms with E-state index in [4.69, 9.17) is 33.3 Å². The zero-order valence-electron chi connectivity index (χ0n) is 16.1. The third-order valence-corrected chi connectivity index (χ3v) is 4.72. The van der Waals surface area contributed by atoms with Crippen LogP contribution in [0.3, 0.4) is 0 Å². The molecule has 0 aliphatic carbocycles. The molecule has 1 aliphatic rings. The maximum atomic E-state index is 12.9. The highest BCUT2D eigenvalue weighted by atomic mass is 35.5. The molecule has 5 nitrogen and oxygen atoms in total. The number of benzene rings is 2. The Morgan fingerprint density at radius 1 is 1.25 bits per heavy atom. The number of methoxy groups -OCH3 is 1. The van der Waals surface area contributed by atoms with Gasteiger partial charge >= 0.3 is 0 Å². The van der Waals surface area contributed by atoms with Crippen molar-refractivity contribution in [2.45, 2.75) is 26.9 Å². The molecule has 0 spiro atoms. The van der Waals surface area contributed by atoms with Crippen LogP contribution in [0.4, 0.5) is 5.69 Å². The number of ether oxygens (including phenoxy) is 2. The third-order valence-electron chi connectivity index (χ3n) is 4.15. The molecule has 0 unspecified atom stereocenters. The summed E-state index contributed by atoms with van der Waals surface area (Å²) in [6, 6.07) is 11.1. The molecular formula is C21H21ClN2O3S. The zero-order valence-corrected chi connectivity index (χ0v) is 17.6. The first-order valence-electron chi connectivity index (χ1n) is 8.78. The Hall–Kier alpha value is -2.57. The van der Waals surface area contributed by atoms with Gasteiger partial charge in [-0.05, 0) is 68.4 Å². The van der Waals surface area contributed by atoms with E-state index in [9.17, 15) is 4.79 Å². The molecule has 1 aliphatic heterocycles. The number of thiocarbonyl (C=S) groups is 1. The zero-order chi connectivity index (χ0) is 20.4. The first-order chi connectivity index (χ1) is 13.3. The van der Waals surface area contributed by atoms with Crippen molar-refractivity contribution in [2.75, 3.05) is 12.0 Å². The second-order valence-corrected chi connectivity index (χ2v) is 7.41. The van der Waals surface area contributed by atoms with Crippen LogP contribution in [0.2, 0.25) is 5.02 Å². The summed E-state index contributed by atoms with van der Waals surface area (Å²) >= 11 is 11.8. The molecule has 0 bridgehead atoms. The summed E-state index contributed by atoms with van der Waals surface area (Å²) in [7, 11) is 1.55. The van der Waals surface area contributed by atoms with Crippen molar-refractivity contribution in [3.63, 3.8) is 0 Å². The van der Waals surface area contributed by atoms with Gasteiger partial charge in [0.25, 0.3) is 5.91 Å². The number of carbonyl (C=O) groups is 1. The van der Waals surface area contributed by atoms with Gasteiger partial charge in [0.2, 0.25) is 0 Å². The molecule has 28 heavy (non-hydrogen) atoms. The van der Waals surface area contributed by atoms with Gasteiger partial charge < -0.3 is 14.8 Å². The lowest BCUT2D eigenvalue weighted by Crippen LogP contribution is -2.30. The molecule has 2 aromatic carbocycles. The molecule has 0 saturated carbocycles. The highest BCUT2D eigenvalue weighted by Gasteiger charge is 2.32. The van der Waals surface area contributed by atoms with Crippen LogP contribution in [0.25, 0.3) is 6.08 Å². The highest BCUT2D eigenvalue weighted by molar-refractivity contribution is 7.80. The number of carbonyl (C=O) groups excluding carboxylic acids is 1. The van der Waals surface area contributed by atoms with E-state index < -0.39 is 0 Å². The fourth-order valence-electron chi connectivity index (χ4n) is 2.91. The van der Waals surface area contributed by atoms with Crippen LogP contribution in [0.5, 0.6) is 11.5 Å². The summed E-state index contributed by atoms with van der Waals surface area (Å²) < 4.78 is 11.1. The Bertz CT molecular complexity index is 972. The van der Waals surface area contributed by atoms with Crippen LogP contribution >= 0.6 is 23.8 Å². The van der Waals surface area contributed by atoms with E-state index in [2.05, 4.69) is 5.32 Å². The molecule has 146 valence electrons. The number of hydrogen-bond acceptors (Lipinski definition) is 4. The van der Waals surface area contributed by atoms with Gasteiger partial charge in [-0.1, -0.05) is 29.8 Å². The molecule has 1 heterocycles. The molecule has 1 saturated heterocycles. The first-order valence-corrected chi connectivity index (χ1v) is 9.57. The van der Waals surface area contributed by atoms with E-state index in [0.717, 1.165) is 11.3 Å². The normalized spacial score (nSPS) is 15.4. The van der Waals surface area contributed by atoms with E-state index in [-0.39, 0.29) is 12.0 Å². The molecule has 1 fully saturated rings. The molecule has 1 N–H and O–H groups in total. The molecule has 0 aromatic heterocycles. The number of amides is 1. The van der Waals surface area contributed by atoms with E-state index >= 15 is 0 Å². The molecule has 2 aromatic rings. The monoisotopic (exact) mass is 416 g/mol. The fraction of sp³-hybridized carbons (Fsp3) is 0.238. The van der Waals surface area contributed by atoms with Gasteiger partial charge in [-0.2, -0.15) is 0 Å². The Morgan fingerprint density at radius 2 is 1.96 bits per heavy atom. The maximum absolute atomic E-state index is 12.9. The van der Waals surface area contributed by atoms with Gasteiger partial charge in [0.05, 0.1) is 23.9 Å². The van der Waals surface area contributed by atoms with Crippen LogP contribution in [0.1, 0.15) is 25.0 Å². The minimum absolute atomic E-state index is 0.0475. The predicted molar refractivity (Wildman–Crippen MR) is 116 cm³/mol. The number of nitrogens with zero attached hydrogens (tertiary/aromatic N) is 1. The molecule has 0 atom stereocenters. The lowest BCUT2D eigenvalue weighted by molar-refractivity contribution is -0.113. The van der Waals surface area contributed by atoms with E-state index in [1.807, 2.05) is 45.0 Å². The quantitative estimate of drug-likeness (QED) is 0.565. The van der Waals surface area contributed by atoms with E-state index in [0.29, 0.717) is 32.9 Å². The highest BCUT2D eigenvalue weighted by Crippen LogP contribution is 2.38. The van der Waals surface area contributed by atoms with Gasteiger partial charge in [-0.3, -0.25) is 9.69 Å². The van der Waals surface area contributed by atoms with Crippen molar-refractivity contribution in [3.05, 3.63) is 58.2 Å². The third kappa shape index (κ3) is 3.98. The summed E-state index contributed by atoms with van der Waals surface area (Å²) in [5, 5.41) is 3.73. The van der Waals surface area contributed by atoms with Crippen molar-refractivity contribution in [1.29, 1.82) is 0 Å². The maximum Gasteiger partial charge on any atom is 0.281 e. The number of anilines is 1. The topological polar surface area (TPSA) is 50.8 Å². The van der Waals surface area contributed by atoms with E-state index in [1.54, 1.807) is 25.3 Å². The van der Waals surface area contributed by atoms with Gasteiger partial charge in [0.15, 0.2) is 16.6 Å². The molecular weight excluding hydrogens is 396 g/mol. The number of nitrogens with one attached hydrogen (secondary N) is 1. The number of halogens is 1. The van der Waals surface area contributed by atoms with E-state index in [1.165, 1.54) is 4.90 Å². The summed E-state index contributed by atoms with van der Waals surface area (Å²) in [6.07, 6.45) is 1.65. The smallest absolute Gasteiger partial charge is 0.281 e. The summed E-state index contributed by atoms with van der Waals surface area (Å²) in [6.45, 7) is 5.76. The molecule has 0 radical (unpaired) electrons. The van der Waals surface area contributed by atoms with Crippen molar-refractivity contribution in [2.24, 2.45) is 0 Å². The van der Waals surface area contributed by atoms with Crippen LogP contribution in [-0.2, 0) is 4.79 Å². The number of para-hydroxylation sites is 1. The number of rotatable bonds is 5. The standard InChI is InChI=1S/C21H21ClN2O3S/c1-12(2)27-19-15(22)9-14(11-18(19)26-4)10-16-20(25)24(21(28)23-16)17-8-6-5-7-13(17)3/h5-12H,1-4H3,(H,23,28)/b16-10-. The summed E-state index contributed by atoms with van der Waals surface area (Å²) in [4.78, 5) is 14.4. The Balaban J connectivity index is 1.96. The van der Waals surface area contributed by atoms with Crippen LogP contribution in [0.15, 0.2) is 42.1 Å². The molecule has 1 amide bonds. The van der Waals surface area contributed by atoms with Gasteiger partial charge in [0.1, 0.15) is 5.70 Å². The fourth-order valence-corrected chi connectivity index (χ4v) is 3.46. The Labute approximate surface area is 174 Å². The van der Waals surface area contributed by atoms with Gasteiger partial charge in [-0.25, -0.2) is 0 Å².